The van der Waals surface area contributed by atoms with Crippen LogP contribution in [0.15, 0.2) is 96.4 Å². The van der Waals surface area contributed by atoms with Crippen LogP contribution in [0.25, 0.3) is 11.1 Å². The lowest BCUT2D eigenvalue weighted by Crippen LogP contribution is -2.31. The molecule has 10 nitrogen and oxygen atoms in total. The zero-order chi connectivity index (χ0) is 33.6. The maximum Gasteiger partial charge on any atom is 0.243 e. The second-order valence-electron chi connectivity index (χ2n) is 11.7. The van der Waals surface area contributed by atoms with E-state index >= 15 is 0 Å². The SMILES string of the molecule is O=C(CCCCCCC(=O)NCc1ccccc1-c1ccc([C@H]2O[C@@H](CSc3ncccn3)C[C@@H](c3ccc(CO)cc3)O2)cc1)NO. The molecular weight excluding hydrogens is 628 g/mol. The van der Waals surface area contributed by atoms with Gasteiger partial charge in [0.2, 0.25) is 11.8 Å². The van der Waals surface area contributed by atoms with Crippen LogP contribution in [0.1, 0.15) is 79.6 Å². The average molecular weight is 671 g/mol. The Labute approximate surface area is 285 Å². The van der Waals surface area contributed by atoms with Gasteiger partial charge in [0.1, 0.15) is 0 Å². The molecule has 1 aliphatic heterocycles. The molecule has 1 fully saturated rings. The van der Waals surface area contributed by atoms with Crippen molar-refractivity contribution in [2.75, 3.05) is 5.75 Å². The van der Waals surface area contributed by atoms with Crippen LogP contribution in [0.4, 0.5) is 0 Å². The van der Waals surface area contributed by atoms with Gasteiger partial charge in [0.15, 0.2) is 11.4 Å². The van der Waals surface area contributed by atoms with Crippen molar-refractivity contribution in [2.45, 2.75) is 81.8 Å². The molecule has 3 atom stereocenters. The van der Waals surface area contributed by atoms with Crippen molar-refractivity contribution in [1.82, 2.24) is 20.8 Å². The molecule has 0 aliphatic carbocycles. The van der Waals surface area contributed by atoms with Gasteiger partial charge in [-0.1, -0.05) is 97.4 Å². The molecule has 0 unspecified atom stereocenters. The standard InChI is InChI=1S/C37H42N4O6S/c42-24-26-12-14-28(15-13-26)33-22-31(25-48-37-38-20-7-21-39-37)46-36(47-33)29-18-16-27(17-19-29)32-9-6-5-8-30(32)23-40-34(43)10-3-1-2-4-11-35(44)41-45/h5-9,12-21,31,33,36,42,45H,1-4,10-11,22-25H2,(H,40,43)(H,41,44)/t31-,33+,36+/m1/s1. The summed E-state index contributed by atoms with van der Waals surface area (Å²) in [5.41, 5.74) is 7.51. The molecule has 1 saturated heterocycles. The number of nitrogens with zero attached hydrogens (tertiary/aromatic N) is 2. The number of benzene rings is 3. The first-order valence-corrected chi connectivity index (χ1v) is 17.3. The molecule has 0 saturated carbocycles. The molecule has 48 heavy (non-hydrogen) atoms. The van der Waals surface area contributed by atoms with Gasteiger partial charge >= 0.3 is 0 Å². The fourth-order valence-corrected chi connectivity index (χ4v) is 6.41. The zero-order valence-electron chi connectivity index (χ0n) is 26.8. The van der Waals surface area contributed by atoms with Crippen LogP contribution in [0.3, 0.4) is 0 Å². The third kappa shape index (κ3) is 10.4. The number of carbonyl (C=O) groups excluding carboxylic acids is 2. The van der Waals surface area contributed by atoms with Gasteiger partial charge in [-0.2, -0.15) is 0 Å². The van der Waals surface area contributed by atoms with E-state index in [2.05, 4.69) is 33.5 Å². The fourth-order valence-electron chi connectivity index (χ4n) is 5.59. The summed E-state index contributed by atoms with van der Waals surface area (Å²) < 4.78 is 13.0. The monoisotopic (exact) mass is 670 g/mol. The molecule has 1 aliphatic rings. The highest BCUT2D eigenvalue weighted by Gasteiger charge is 2.32. The lowest BCUT2D eigenvalue weighted by molar-refractivity contribution is -0.245. The zero-order valence-corrected chi connectivity index (χ0v) is 27.6. The van der Waals surface area contributed by atoms with Crippen molar-refractivity contribution in [3.8, 4) is 11.1 Å². The highest BCUT2D eigenvalue weighted by molar-refractivity contribution is 7.99. The summed E-state index contributed by atoms with van der Waals surface area (Å²) in [5, 5.41) is 21.8. The summed E-state index contributed by atoms with van der Waals surface area (Å²) in [6.45, 7) is 0.412. The molecule has 2 amide bonds. The quantitative estimate of drug-likeness (QED) is 0.0348. The molecule has 0 bridgehead atoms. The van der Waals surface area contributed by atoms with Gasteiger partial charge in [-0.25, -0.2) is 15.4 Å². The van der Waals surface area contributed by atoms with E-state index in [-0.39, 0.29) is 37.0 Å². The Balaban J connectivity index is 1.21. The number of unbranched alkanes of at least 4 members (excludes halogenated alkanes) is 3. The molecule has 3 aromatic carbocycles. The van der Waals surface area contributed by atoms with Crippen molar-refractivity contribution in [1.29, 1.82) is 0 Å². The van der Waals surface area contributed by atoms with Crippen LogP contribution >= 0.6 is 11.8 Å². The number of hydroxylamine groups is 1. The largest absolute Gasteiger partial charge is 0.392 e. The number of aliphatic hydroxyl groups excluding tert-OH is 1. The van der Waals surface area contributed by atoms with Crippen LogP contribution < -0.4 is 10.8 Å². The molecule has 0 radical (unpaired) electrons. The van der Waals surface area contributed by atoms with E-state index in [9.17, 15) is 14.7 Å². The minimum absolute atomic E-state index is 0.00746. The van der Waals surface area contributed by atoms with E-state index in [0.29, 0.717) is 36.7 Å². The van der Waals surface area contributed by atoms with E-state index in [1.54, 1.807) is 35.7 Å². The Hall–Kier alpha value is -4.13. The second kappa shape index (κ2) is 18.4. The molecule has 5 rings (SSSR count). The number of hydrogen-bond donors (Lipinski definition) is 4. The van der Waals surface area contributed by atoms with Crippen molar-refractivity contribution in [3.05, 3.63) is 114 Å². The van der Waals surface area contributed by atoms with Gasteiger partial charge in [-0.15, -0.1) is 0 Å². The van der Waals surface area contributed by atoms with Crippen molar-refractivity contribution in [2.24, 2.45) is 0 Å². The van der Waals surface area contributed by atoms with Gasteiger partial charge in [-0.3, -0.25) is 14.8 Å². The van der Waals surface area contributed by atoms with Crippen molar-refractivity contribution in [3.63, 3.8) is 0 Å². The van der Waals surface area contributed by atoms with Crippen LogP contribution in [-0.2, 0) is 32.2 Å². The normalized spacial score (nSPS) is 17.5. The van der Waals surface area contributed by atoms with Crippen LogP contribution in [0.5, 0.6) is 0 Å². The number of thioether (sulfide) groups is 1. The number of aliphatic hydroxyl groups is 1. The Bertz CT molecular complexity index is 1590. The molecule has 4 aromatic rings. The number of amides is 2. The molecular formula is C37H42N4O6S. The van der Waals surface area contributed by atoms with Gasteiger partial charge in [0.25, 0.3) is 0 Å². The number of nitrogens with one attached hydrogen (secondary N) is 2. The predicted octanol–water partition coefficient (Wildman–Crippen LogP) is 6.44. The van der Waals surface area contributed by atoms with Crippen molar-refractivity contribution >= 4 is 23.6 Å². The first-order valence-electron chi connectivity index (χ1n) is 16.3. The molecule has 0 spiro atoms. The Morgan fingerprint density at radius 1 is 0.812 bits per heavy atom. The van der Waals surface area contributed by atoms with Crippen molar-refractivity contribution < 1.29 is 29.4 Å². The summed E-state index contributed by atoms with van der Waals surface area (Å²) in [4.78, 5) is 32.3. The summed E-state index contributed by atoms with van der Waals surface area (Å²) in [7, 11) is 0. The maximum absolute atomic E-state index is 12.5. The van der Waals surface area contributed by atoms with Gasteiger partial charge in [0, 0.05) is 49.5 Å². The highest BCUT2D eigenvalue weighted by atomic mass is 32.2. The summed E-state index contributed by atoms with van der Waals surface area (Å²) in [6, 6.07) is 25.9. The molecule has 2 heterocycles. The van der Waals surface area contributed by atoms with E-state index in [1.807, 2.05) is 54.6 Å². The van der Waals surface area contributed by atoms with E-state index < -0.39 is 6.29 Å². The Morgan fingerprint density at radius 3 is 2.21 bits per heavy atom. The summed E-state index contributed by atoms with van der Waals surface area (Å²) in [5.74, 6) is 0.285. The van der Waals surface area contributed by atoms with Crippen LogP contribution in [0.2, 0.25) is 0 Å². The topological polar surface area (TPSA) is 143 Å². The fraction of sp³-hybridized carbons (Fsp3) is 0.351. The summed E-state index contributed by atoms with van der Waals surface area (Å²) >= 11 is 1.56. The second-order valence-corrected chi connectivity index (χ2v) is 12.7. The minimum atomic E-state index is -0.570. The van der Waals surface area contributed by atoms with Crippen LogP contribution in [0, 0.1) is 0 Å². The van der Waals surface area contributed by atoms with E-state index in [0.717, 1.165) is 52.6 Å². The predicted molar refractivity (Wildman–Crippen MR) is 183 cm³/mol. The Morgan fingerprint density at radius 2 is 1.50 bits per heavy atom. The lowest BCUT2D eigenvalue weighted by Gasteiger charge is -2.36. The Kier molecular flexibility index (Phi) is 13.5. The number of hydrogen-bond acceptors (Lipinski definition) is 9. The number of ether oxygens (including phenoxy) is 2. The average Bonchev–Trinajstić information content (AvgIpc) is 3.15. The molecule has 11 heteroatoms. The minimum Gasteiger partial charge on any atom is -0.392 e. The molecule has 1 aromatic heterocycles. The highest BCUT2D eigenvalue weighted by Crippen LogP contribution is 2.39. The number of carbonyl (C=O) groups is 2. The smallest absolute Gasteiger partial charge is 0.243 e. The lowest BCUT2D eigenvalue weighted by atomic mass is 9.97. The third-order valence-electron chi connectivity index (χ3n) is 8.22. The third-order valence-corrected chi connectivity index (χ3v) is 9.23. The molecule has 252 valence electrons. The van der Waals surface area contributed by atoms with Crippen LogP contribution in [-0.4, -0.2) is 44.0 Å². The first-order chi connectivity index (χ1) is 23.5. The molecule has 4 N–H and O–H groups in total. The maximum atomic E-state index is 12.5. The van der Waals surface area contributed by atoms with E-state index in [4.69, 9.17) is 14.7 Å². The number of aromatic nitrogens is 2. The first kappa shape index (κ1) is 35.2. The van der Waals surface area contributed by atoms with Gasteiger partial charge in [-0.05, 0) is 46.7 Å². The summed E-state index contributed by atoms with van der Waals surface area (Å²) in [6.07, 6.45) is 7.10. The van der Waals surface area contributed by atoms with Gasteiger partial charge < -0.3 is 19.9 Å². The number of rotatable bonds is 16. The van der Waals surface area contributed by atoms with E-state index in [1.165, 1.54) is 0 Å². The van der Waals surface area contributed by atoms with Gasteiger partial charge in [0.05, 0.1) is 18.8 Å².